The largest absolute Gasteiger partial charge is 0.368 e. The van der Waals surface area contributed by atoms with Gasteiger partial charge in [0.2, 0.25) is 17.2 Å². The lowest BCUT2D eigenvalue weighted by Gasteiger charge is -2.36. The summed E-state index contributed by atoms with van der Waals surface area (Å²) in [7, 11) is 4.23. The highest BCUT2D eigenvalue weighted by molar-refractivity contribution is 6.28. The fourth-order valence-corrected chi connectivity index (χ4v) is 2.67. The maximum atomic E-state index is 5.75. The first kappa shape index (κ1) is 13.3. The summed E-state index contributed by atoms with van der Waals surface area (Å²) in [4.78, 5) is 14.1. The Kier molecular flexibility index (Phi) is 3.87. The number of nitrogens with one attached hydrogen (secondary N) is 1. The summed E-state index contributed by atoms with van der Waals surface area (Å²) < 4.78 is 0. The number of anilines is 2. The third-order valence-electron chi connectivity index (χ3n) is 3.68. The number of halogens is 1. The topological polar surface area (TPSA) is 80.0 Å². The summed E-state index contributed by atoms with van der Waals surface area (Å²) in [6.45, 7) is 0.791. The SMILES string of the molecule is CN(C)C1(CNc2nc(N)nc(Cl)n2)CCCC1. The molecule has 6 nitrogen and oxygen atoms in total. The van der Waals surface area contributed by atoms with Gasteiger partial charge in [-0.1, -0.05) is 12.8 Å². The first-order chi connectivity index (χ1) is 8.52. The van der Waals surface area contributed by atoms with Gasteiger partial charge in [-0.2, -0.15) is 15.0 Å². The molecule has 0 saturated heterocycles. The van der Waals surface area contributed by atoms with Gasteiger partial charge in [-0.15, -0.1) is 0 Å². The molecular formula is C11H19ClN6. The molecule has 1 aromatic heterocycles. The second kappa shape index (κ2) is 5.24. The minimum absolute atomic E-state index is 0.121. The summed E-state index contributed by atoms with van der Waals surface area (Å²) in [6, 6.07) is 0. The van der Waals surface area contributed by atoms with Crippen LogP contribution < -0.4 is 11.1 Å². The molecule has 1 fully saturated rings. The minimum Gasteiger partial charge on any atom is -0.368 e. The smallest absolute Gasteiger partial charge is 0.228 e. The van der Waals surface area contributed by atoms with Crippen LogP contribution in [0.5, 0.6) is 0 Å². The lowest BCUT2D eigenvalue weighted by molar-refractivity contribution is 0.172. The van der Waals surface area contributed by atoms with E-state index in [9.17, 15) is 0 Å². The van der Waals surface area contributed by atoms with Crippen molar-refractivity contribution in [2.24, 2.45) is 0 Å². The van der Waals surface area contributed by atoms with Gasteiger partial charge in [0.25, 0.3) is 0 Å². The zero-order valence-corrected chi connectivity index (χ0v) is 11.5. The maximum absolute atomic E-state index is 5.75. The van der Waals surface area contributed by atoms with Crippen LogP contribution in [0.25, 0.3) is 0 Å². The molecule has 0 radical (unpaired) electrons. The molecule has 0 atom stereocenters. The van der Waals surface area contributed by atoms with E-state index in [2.05, 4.69) is 39.3 Å². The fourth-order valence-electron chi connectivity index (χ4n) is 2.50. The summed E-state index contributed by atoms with van der Waals surface area (Å²) in [5.74, 6) is 0.587. The maximum Gasteiger partial charge on any atom is 0.228 e. The highest BCUT2D eigenvalue weighted by atomic mass is 35.5. The normalized spacial score (nSPS) is 18.2. The number of aromatic nitrogens is 3. The number of likely N-dealkylation sites (N-methyl/N-ethyl adjacent to an activating group) is 1. The van der Waals surface area contributed by atoms with Crippen molar-refractivity contribution >= 4 is 23.5 Å². The molecule has 2 rings (SSSR count). The monoisotopic (exact) mass is 270 g/mol. The molecule has 0 unspecified atom stereocenters. The molecule has 0 aliphatic heterocycles. The van der Waals surface area contributed by atoms with Crippen molar-refractivity contribution in [3.63, 3.8) is 0 Å². The first-order valence-electron chi connectivity index (χ1n) is 6.10. The molecule has 0 aromatic carbocycles. The molecule has 1 aromatic rings. The van der Waals surface area contributed by atoms with Crippen molar-refractivity contribution in [2.75, 3.05) is 31.7 Å². The Labute approximate surface area is 112 Å². The van der Waals surface area contributed by atoms with Crippen LogP contribution in [0.1, 0.15) is 25.7 Å². The zero-order chi connectivity index (χ0) is 13.2. The van der Waals surface area contributed by atoms with Crippen LogP contribution in [0, 0.1) is 0 Å². The molecule has 0 spiro atoms. The average molecular weight is 271 g/mol. The Hall–Kier alpha value is -1.14. The number of rotatable bonds is 4. The van der Waals surface area contributed by atoms with E-state index in [0.29, 0.717) is 5.95 Å². The van der Waals surface area contributed by atoms with E-state index in [1.165, 1.54) is 25.7 Å². The van der Waals surface area contributed by atoms with E-state index in [4.69, 9.17) is 17.3 Å². The van der Waals surface area contributed by atoms with Crippen LogP contribution in [0.3, 0.4) is 0 Å². The first-order valence-corrected chi connectivity index (χ1v) is 6.48. The quantitative estimate of drug-likeness (QED) is 0.861. The number of nitrogen functional groups attached to an aromatic ring is 1. The van der Waals surface area contributed by atoms with Crippen LogP contribution in [0.2, 0.25) is 5.28 Å². The number of hydrogen-bond donors (Lipinski definition) is 2. The molecule has 1 saturated carbocycles. The lowest BCUT2D eigenvalue weighted by atomic mass is 9.96. The number of nitrogens with two attached hydrogens (primary N) is 1. The summed E-state index contributed by atoms with van der Waals surface area (Å²) in [5, 5.41) is 3.34. The van der Waals surface area contributed by atoms with Gasteiger partial charge in [0, 0.05) is 12.1 Å². The van der Waals surface area contributed by atoms with Gasteiger partial charge >= 0.3 is 0 Å². The standard InChI is InChI=1S/C11H19ClN6/c1-18(2)11(5-3-4-6-11)7-14-10-16-8(12)15-9(13)17-10/h3-7H2,1-2H3,(H3,13,14,15,16,17). The predicted molar refractivity (Wildman–Crippen MR) is 72.6 cm³/mol. The average Bonchev–Trinajstić information content (AvgIpc) is 2.75. The van der Waals surface area contributed by atoms with Gasteiger partial charge in [-0.25, -0.2) is 0 Å². The number of nitrogens with zero attached hydrogens (tertiary/aromatic N) is 4. The van der Waals surface area contributed by atoms with Gasteiger partial charge < -0.3 is 16.0 Å². The Morgan fingerprint density at radius 1 is 1.28 bits per heavy atom. The van der Waals surface area contributed by atoms with Gasteiger partial charge in [0.1, 0.15) is 0 Å². The summed E-state index contributed by atoms with van der Waals surface area (Å²) in [6.07, 6.45) is 4.89. The second-order valence-electron chi connectivity index (χ2n) is 4.97. The molecule has 1 aliphatic rings. The number of hydrogen-bond acceptors (Lipinski definition) is 6. The van der Waals surface area contributed by atoms with Crippen molar-refractivity contribution in [3.05, 3.63) is 5.28 Å². The van der Waals surface area contributed by atoms with E-state index in [1.54, 1.807) is 0 Å². The highest BCUT2D eigenvalue weighted by Gasteiger charge is 2.35. The third-order valence-corrected chi connectivity index (χ3v) is 3.85. The Morgan fingerprint density at radius 2 is 1.94 bits per heavy atom. The predicted octanol–water partition coefficient (Wildman–Crippen LogP) is 1.39. The summed E-state index contributed by atoms with van der Waals surface area (Å²) in [5.41, 5.74) is 5.71. The van der Waals surface area contributed by atoms with Crippen molar-refractivity contribution in [1.82, 2.24) is 19.9 Å². The molecule has 1 heterocycles. The van der Waals surface area contributed by atoms with Crippen molar-refractivity contribution in [2.45, 2.75) is 31.2 Å². The molecular weight excluding hydrogens is 252 g/mol. The zero-order valence-electron chi connectivity index (χ0n) is 10.8. The molecule has 7 heteroatoms. The van der Waals surface area contributed by atoms with Crippen molar-refractivity contribution in [1.29, 1.82) is 0 Å². The van der Waals surface area contributed by atoms with E-state index in [1.807, 2.05) is 0 Å². The van der Waals surface area contributed by atoms with Crippen molar-refractivity contribution < 1.29 is 0 Å². The fraction of sp³-hybridized carbons (Fsp3) is 0.727. The van der Waals surface area contributed by atoms with Crippen LogP contribution >= 0.6 is 11.6 Å². The van der Waals surface area contributed by atoms with Gasteiger partial charge in [0.05, 0.1) is 0 Å². The molecule has 0 amide bonds. The van der Waals surface area contributed by atoms with E-state index >= 15 is 0 Å². The highest BCUT2D eigenvalue weighted by Crippen LogP contribution is 2.33. The van der Waals surface area contributed by atoms with E-state index in [-0.39, 0.29) is 16.8 Å². The van der Waals surface area contributed by atoms with Gasteiger partial charge in [0.15, 0.2) is 0 Å². The Balaban J connectivity index is 2.05. The Morgan fingerprint density at radius 3 is 2.50 bits per heavy atom. The van der Waals surface area contributed by atoms with E-state index < -0.39 is 0 Å². The second-order valence-corrected chi connectivity index (χ2v) is 5.30. The minimum atomic E-state index is 0.121. The van der Waals surface area contributed by atoms with Gasteiger partial charge in [-0.05, 0) is 38.5 Å². The van der Waals surface area contributed by atoms with Gasteiger partial charge in [-0.3, -0.25) is 0 Å². The molecule has 3 N–H and O–H groups in total. The van der Waals surface area contributed by atoms with Crippen LogP contribution in [0.4, 0.5) is 11.9 Å². The van der Waals surface area contributed by atoms with Crippen LogP contribution in [-0.4, -0.2) is 46.0 Å². The molecule has 18 heavy (non-hydrogen) atoms. The molecule has 0 bridgehead atoms. The summed E-state index contributed by atoms with van der Waals surface area (Å²) >= 11 is 5.75. The molecule has 1 aliphatic carbocycles. The van der Waals surface area contributed by atoms with E-state index in [0.717, 1.165) is 6.54 Å². The Bertz CT molecular complexity index is 396. The third kappa shape index (κ3) is 2.81. The lowest BCUT2D eigenvalue weighted by Crippen LogP contribution is -2.47. The van der Waals surface area contributed by atoms with Crippen LogP contribution in [0.15, 0.2) is 0 Å². The van der Waals surface area contributed by atoms with Crippen molar-refractivity contribution in [3.8, 4) is 0 Å². The van der Waals surface area contributed by atoms with Crippen LogP contribution in [-0.2, 0) is 0 Å². The molecule has 100 valence electrons.